The normalized spacial score (nSPS) is 12.1. The van der Waals surface area contributed by atoms with Gasteiger partial charge in [0.05, 0.1) is 11.4 Å². The molecule has 0 saturated carbocycles. The summed E-state index contributed by atoms with van der Waals surface area (Å²) in [6.07, 6.45) is -4.94. The molecule has 0 atom stereocenters. The molecule has 0 unspecified atom stereocenters. The molecule has 0 fully saturated rings. The Bertz CT molecular complexity index is 955. The van der Waals surface area contributed by atoms with Gasteiger partial charge in [0.15, 0.2) is 0 Å². The van der Waals surface area contributed by atoms with Gasteiger partial charge < -0.3 is 10.1 Å². The molecule has 0 aliphatic heterocycles. The van der Waals surface area contributed by atoms with Crippen LogP contribution in [0.5, 0.6) is 5.75 Å². The van der Waals surface area contributed by atoms with Crippen molar-refractivity contribution in [1.29, 1.82) is 0 Å². The zero-order valence-electron chi connectivity index (χ0n) is 15.4. The van der Waals surface area contributed by atoms with Gasteiger partial charge in [0.1, 0.15) is 5.75 Å². The smallest absolute Gasteiger partial charge is 0.406 e. The van der Waals surface area contributed by atoms with Crippen LogP contribution in [0.3, 0.4) is 0 Å². The van der Waals surface area contributed by atoms with Crippen molar-refractivity contribution in [3.63, 3.8) is 0 Å². The molecule has 1 N–H and O–H groups in total. The van der Waals surface area contributed by atoms with Gasteiger partial charge in [-0.2, -0.15) is 4.31 Å². The number of hydrogen-bond acceptors (Lipinski definition) is 4. The van der Waals surface area contributed by atoms with Crippen molar-refractivity contribution in [3.8, 4) is 5.75 Å². The van der Waals surface area contributed by atoms with Gasteiger partial charge in [-0.05, 0) is 37.1 Å². The van der Waals surface area contributed by atoms with Gasteiger partial charge in [-0.3, -0.25) is 4.79 Å². The zero-order valence-corrected chi connectivity index (χ0v) is 16.2. The molecule has 2 aromatic carbocycles. The maximum Gasteiger partial charge on any atom is 0.573 e. The molecule has 2 rings (SSSR count). The molecular weight excluding hydrogens is 397 g/mol. The van der Waals surface area contributed by atoms with Crippen LogP contribution in [0.25, 0.3) is 0 Å². The maximum atomic E-state index is 12.6. The second kappa shape index (κ2) is 8.19. The Morgan fingerprint density at radius 1 is 1.11 bits per heavy atom. The second-order valence-electron chi connectivity index (χ2n) is 6.10. The summed E-state index contributed by atoms with van der Waals surface area (Å²) in [6.45, 7) is 3.09. The monoisotopic (exact) mass is 416 g/mol. The Hall–Kier alpha value is -2.59. The van der Waals surface area contributed by atoms with Gasteiger partial charge in [0.25, 0.3) is 0 Å². The lowest BCUT2D eigenvalue weighted by atomic mass is 10.1. The van der Waals surface area contributed by atoms with Crippen LogP contribution in [0.4, 0.5) is 18.9 Å². The van der Waals surface area contributed by atoms with Crippen molar-refractivity contribution in [2.45, 2.75) is 25.1 Å². The highest BCUT2D eigenvalue weighted by molar-refractivity contribution is 7.89. The van der Waals surface area contributed by atoms with Crippen molar-refractivity contribution < 1.29 is 31.1 Å². The summed E-state index contributed by atoms with van der Waals surface area (Å²) in [5.74, 6) is -1.24. The van der Waals surface area contributed by atoms with E-state index in [-0.39, 0.29) is 0 Å². The van der Waals surface area contributed by atoms with Gasteiger partial charge in [-0.1, -0.05) is 24.3 Å². The number of aryl methyl sites for hydroxylation is 2. The molecule has 0 aliphatic carbocycles. The topological polar surface area (TPSA) is 75.7 Å². The molecule has 0 aliphatic rings. The highest BCUT2D eigenvalue weighted by Crippen LogP contribution is 2.26. The number of carbonyl (C=O) groups excluding carboxylic acids is 1. The first-order valence-electron chi connectivity index (χ1n) is 8.08. The summed E-state index contributed by atoms with van der Waals surface area (Å²) < 4.78 is 66.7. The number of alkyl halides is 3. The summed E-state index contributed by atoms with van der Waals surface area (Å²) in [5, 5.41) is 2.66. The number of nitrogens with zero attached hydrogens (tertiary/aromatic N) is 1. The standard InChI is InChI=1S/C18H19F3N2O4S/c1-12-6-4-7-13(2)17(12)22-16(24)11-23(3)28(25,26)15-9-5-8-14(10-15)27-18(19,20)21/h4-10H,11H2,1-3H3,(H,22,24). The lowest BCUT2D eigenvalue weighted by Crippen LogP contribution is -2.35. The van der Waals surface area contributed by atoms with Gasteiger partial charge in [-0.25, -0.2) is 8.42 Å². The Kier molecular flexibility index (Phi) is 6.35. The minimum atomic E-state index is -4.94. The summed E-state index contributed by atoms with van der Waals surface area (Å²) in [6, 6.07) is 9.41. The average molecular weight is 416 g/mol. The summed E-state index contributed by atoms with van der Waals surface area (Å²) >= 11 is 0. The molecule has 2 aromatic rings. The molecule has 0 saturated heterocycles. The molecule has 10 heteroatoms. The number of ether oxygens (including phenoxy) is 1. The lowest BCUT2D eigenvalue weighted by molar-refractivity contribution is -0.274. The van der Waals surface area contributed by atoms with Gasteiger partial charge >= 0.3 is 6.36 Å². The van der Waals surface area contributed by atoms with Gasteiger partial charge in [0.2, 0.25) is 15.9 Å². The quantitative estimate of drug-likeness (QED) is 0.783. The van der Waals surface area contributed by atoms with Crippen molar-refractivity contribution in [2.24, 2.45) is 0 Å². The Balaban J connectivity index is 2.15. The lowest BCUT2D eigenvalue weighted by Gasteiger charge is -2.18. The molecule has 0 bridgehead atoms. The number of para-hydroxylation sites is 1. The highest BCUT2D eigenvalue weighted by Gasteiger charge is 2.32. The predicted octanol–water partition coefficient (Wildman–Crippen LogP) is 3.46. The van der Waals surface area contributed by atoms with Crippen LogP contribution >= 0.6 is 0 Å². The number of hydrogen-bond donors (Lipinski definition) is 1. The first-order chi connectivity index (χ1) is 12.9. The number of sulfonamides is 1. The molecule has 1 amide bonds. The van der Waals surface area contributed by atoms with Crippen LogP contribution in [-0.2, 0) is 14.8 Å². The summed E-state index contributed by atoms with van der Waals surface area (Å²) in [4.78, 5) is 11.8. The van der Waals surface area contributed by atoms with E-state index < -0.39 is 39.5 Å². The second-order valence-corrected chi connectivity index (χ2v) is 8.14. The largest absolute Gasteiger partial charge is 0.573 e. The van der Waals surface area contributed by atoms with Crippen molar-refractivity contribution in [1.82, 2.24) is 4.31 Å². The third kappa shape index (κ3) is 5.46. The molecular formula is C18H19F3N2O4S. The van der Waals surface area contributed by atoms with Crippen molar-refractivity contribution >= 4 is 21.6 Å². The average Bonchev–Trinajstić information content (AvgIpc) is 2.57. The van der Waals surface area contributed by atoms with E-state index in [1.54, 1.807) is 26.0 Å². The number of carbonyl (C=O) groups is 1. The number of amides is 1. The molecule has 0 heterocycles. The van der Waals surface area contributed by atoms with Crippen molar-refractivity contribution in [3.05, 3.63) is 53.6 Å². The van der Waals surface area contributed by atoms with E-state index in [1.807, 2.05) is 6.07 Å². The van der Waals surface area contributed by atoms with Crippen LogP contribution in [0, 0.1) is 13.8 Å². The SMILES string of the molecule is Cc1cccc(C)c1NC(=O)CN(C)S(=O)(=O)c1cccc(OC(F)(F)F)c1. The Morgan fingerprint density at radius 3 is 2.25 bits per heavy atom. The zero-order chi connectivity index (χ0) is 21.1. The molecule has 152 valence electrons. The van der Waals surface area contributed by atoms with Crippen LogP contribution < -0.4 is 10.1 Å². The van der Waals surface area contributed by atoms with Crippen LogP contribution in [0.15, 0.2) is 47.4 Å². The van der Waals surface area contributed by atoms with Crippen LogP contribution in [0.2, 0.25) is 0 Å². The molecule has 6 nitrogen and oxygen atoms in total. The minimum Gasteiger partial charge on any atom is -0.406 e. The molecule has 0 radical (unpaired) electrons. The first kappa shape index (κ1) is 21.7. The number of halogens is 3. The van der Waals surface area contributed by atoms with E-state index in [4.69, 9.17) is 0 Å². The minimum absolute atomic E-state index is 0.420. The van der Waals surface area contributed by atoms with Crippen molar-refractivity contribution in [2.75, 3.05) is 18.9 Å². The first-order valence-corrected chi connectivity index (χ1v) is 9.52. The van der Waals surface area contributed by atoms with E-state index in [9.17, 15) is 26.4 Å². The van der Waals surface area contributed by atoms with E-state index >= 15 is 0 Å². The van der Waals surface area contributed by atoms with Gasteiger partial charge in [0, 0.05) is 18.8 Å². The van der Waals surface area contributed by atoms with Crippen LogP contribution in [0.1, 0.15) is 11.1 Å². The number of benzene rings is 2. The fraction of sp³-hybridized carbons (Fsp3) is 0.278. The third-order valence-corrected chi connectivity index (χ3v) is 5.66. The summed E-state index contributed by atoms with van der Waals surface area (Å²) in [5.41, 5.74) is 2.21. The maximum absolute atomic E-state index is 12.6. The fourth-order valence-corrected chi connectivity index (χ4v) is 3.65. The Labute approximate surface area is 161 Å². The highest BCUT2D eigenvalue weighted by atomic mass is 32.2. The molecule has 0 aromatic heterocycles. The molecule has 0 spiro atoms. The van der Waals surface area contributed by atoms with Gasteiger partial charge in [-0.15, -0.1) is 13.2 Å². The molecule has 28 heavy (non-hydrogen) atoms. The van der Waals surface area contributed by atoms with E-state index in [2.05, 4.69) is 10.1 Å². The van der Waals surface area contributed by atoms with E-state index in [1.165, 1.54) is 0 Å². The number of anilines is 1. The predicted molar refractivity (Wildman–Crippen MR) is 97.5 cm³/mol. The fourth-order valence-electron chi connectivity index (χ4n) is 2.49. The van der Waals surface area contributed by atoms with Crippen LogP contribution in [-0.4, -0.2) is 38.6 Å². The van der Waals surface area contributed by atoms with E-state index in [0.717, 1.165) is 46.7 Å². The third-order valence-electron chi connectivity index (χ3n) is 3.86. The number of nitrogens with one attached hydrogen (secondary N) is 1. The van der Waals surface area contributed by atoms with E-state index in [0.29, 0.717) is 5.69 Å². The summed E-state index contributed by atoms with van der Waals surface area (Å²) in [7, 11) is -3.04. The Morgan fingerprint density at radius 2 is 1.68 bits per heavy atom. The number of likely N-dealkylation sites (N-methyl/N-ethyl adjacent to an activating group) is 1. The number of rotatable bonds is 6.